The van der Waals surface area contributed by atoms with Gasteiger partial charge in [-0.3, -0.25) is 9.78 Å². The van der Waals surface area contributed by atoms with Crippen LogP contribution in [0.5, 0.6) is 5.75 Å². The predicted octanol–water partition coefficient (Wildman–Crippen LogP) is 5.27. The Morgan fingerprint density at radius 1 is 1.05 bits per heavy atom. The Bertz CT molecular complexity index is 1520. The van der Waals surface area contributed by atoms with Crippen molar-refractivity contribution in [3.8, 4) is 17.1 Å². The molecule has 0 saturated carbocycles. The van der Waals surface area contributed by atoms with E-state index in [1.54, 1.807) is 31.5 Å². The van der Waals surface area contributed by atoms with Crippen molar-refractivity contribution >= 4 is 40.6 Å². The van der Waals surface area contributed by atoms with Gasteiger partial charge in [0.15, 0.2) is 5.11 Å². The molecule has 9 nitrogen and oxygen atoms in total. The quantitative estimate of drug-likeness (QED) is 0.239. The molecule has 2 unspecified atom stereocenters. The van der Waals surface area contributed by atoms with Crippen LogP contribution in [0.3, 0.4) is 0 Å². The van der Waals surface area contributed by atoms with Crippen LogP contribution in [0.2, 0.25) is 0 Å². The molecule has 0 aliphatic carbocycles. The van der Waals surface area contributed by atoms with Gasteiger partial charge in [-0.2, -0.15) is 0 Å². The van der Waals surface area contributed by atoms with E-state index in [0.717, 1.165) is 16.9 Å². The zero-order valence-electron chi connectivity index (χ0n) is 21.5. The molecule has 0 bridgehead atoms. The molecule has 0 spiro atoms. The van der Waals surface area contributed by atoms with Crippen molar-refractivity contribution in [2.24, 2.45) is 0 Å². The van der Waals surface area contributed by atoms with Crippen molar-refractivity contribution in [2.45, 2.75) is 19.0 Å². The highest BCUT2D eigenvalue weighted by Crippen LogP contribution is 2.44. The number of hydrogen-bond acceptors (Lipinski definition) is 7. The first-order chi connectivity index (χ1) is 18.9. The molecule has 1 amide bonds. The van der Waals surface area contributed by atoms with E-state index in [2.05, 4.69) is 15.6 Å². The number of furan rings is 1. The molecule has 4 aromatic rings. The van der Waals surface area contributed by atoms with E-state index in [0.29, 0.717) is 33.6 Å². The van der Waals surface area contributed by atoms with Crippen LogP contribution in [-0.4, -0.2) is 36.2 Å². The molecular weight excluding hydrogens is 516 g/mol. The molecule has 1 aliphatic heterocycles. The van der Waals surface area contributed by atoms with Crippen molar-refractivity contribution in [3.05, 3.63) is 96.0 Å². The lowest BCUT2D eigenvalue weighted by Gasteiger charge is -2.27. The number of pyridine rings is 1. The van der Waals surface area contributed by atoms with Crippen LogP contribution in [0.15, 0.2) is 83.4 Å². The Balaban J connectivity index is 1.56. The Kier molecular flexibility index (Phi) is 7.29. The number of methoxy groups -OCH3 is 2. The molecule has 10 heteroatoms. The molecule has 5 rings (SSSR count). The van der Waals surface area contributed by atoms with Crippen LogP contribution in [0.1, 0.15) is 40.8 Å². The summed E-state index contributed by atoms with van der Waals surface area (Å²) in [4.78, 5) is 30.2. The fraction of sp³-hybridized carbons (Fsp3) is 0.172. The number of rotatable bonds is 7. The number of esters is 1. The fourth-order valence-electron chi connectivity index (χ4n) is 4.61. The van der Waals surface area contributed by atoms with Gasteiger partial charge < -0.3 is 29.4 Å². The SMILES string of the molecule is COC(=O)c1ccc(-c2ccc(C3C(c4ccccn4)NC(=S)N3c3ccc(OC)c(NC(C)=O)c3)o2)cc1. The molecule has 2 aromatic heterocycles. The molecule has 39 heavy (non-hydrogen) atoms. The number of hydrogen-bond donors (Lipinski definition) is 2. The third kappa shape index (κ3) is 5.19. The first-order valence-corrected chi connectivity index (χ1v) is 12.5. The van der Waals surface area contributed by atoms with Crippen molar-refractivity contribution in [1.29, 1.82) is 0 Å². The monoisotopic (exact) mass is 542 g/mol. The summed E-state index contributed by atoms with van der Waals surface area (Å²) in [6, 6.07) is 21.3. The fourth-order valence-corrected chi connectivity index (χ4v) is 4.96. The number of benzene rings is 2. The number of aromatic nitrogens is 1. The van der Waals surface area contributed by atoms with Crippen molar-refractivity contribution in [3.63, 3.8) is 0 Å². The zero-order chi connectivity index (χ0) is 27.5. The highest BCUT2D eigenvalue weighted by molar-refractivity contribution is 7.80. The van der Waals surface area contributed by atoms with Crippen LogP contribution < -0.4 is 20.3 Å². The Labute approximate surface area is 230 Å². The number of nitrogens with one attached hydrogen (secondary N) is 2. The largest absolute Gasteiger partial charge is 0.495 e. The maximum absolute atomic E-state index is 11.8. The summed E-state index contributed by atoms with van der Waals surface area (Å²) in [7, 11) is 2.89. The third-order valence-corrected chi connectivity index (χ3v) is 6.69. The summed E-state index contributed by atoms with van der Waals surface area (Å²) in [6.45, 7) is 1.44. The highest BCUT2D eigenvalue weighted by Gasteiger charge is 2.42. The second-order valence-electron chi connectivity index (χ2n) is 8.83. The van der Waals surface area contributed by atoms with Gasteiger partial charge in [0.05, 0.1) is 37.2 Å². The topological polar surface area (TPSA) is 106 Å². The lowest BCUT2D eigenvalue weighted by molar-refractivity contribution is -0.114. The molecule has 0 radical (unpaired) electrons. The van der Waals surface area contributed by atoms with E-state index in [1.165, 1.54) is 14.0 Å². The van der Waals surface area contributed by atoms with Gasteiger partial charge in [0.1, 0.15) is 23.3 Å². The molecule has 198 valence electrons. The maximum Gasteiger partial charge on any atom is 0.337 e. The van der Waals surface area contributed by atoms with Crippen LogP contribution in [0.4, 0.5) is 11.4 Å². The van der Waals surface area contributed by atoms with Gasteiger partial charge in [0.25, 0.3) is 0 Å². The lowest BCUT2D eigenvalue weighted by Crippen LogP contribution is -2.29. The lowest BCUT2D eigenvalue weighted by atomic mass is 10.0. The molecule has 3 heterocycles. The van der Waals surface area contributed by atoms with Gasteiger partial charge in [0.2, 0.25) is 5.91 Å². The molecule has 1 fully saturated rings. The number of carbonyl (C=O) groups excluding carboxylic acids is 2. The minimum atomic E-state index is -0.404. The van der Waals surface area contributed by atoms with Gasteiger partial charge >= 0.3 is 5.97 Å². The van der Waals surface area contributed by atoms with Gasteiger partial charge in [-0.25, -0.2) is 4.79 Å². The first-order valence-electron chi connectivity index (χ1n) is 12.1. The summed E-state index contributed by atoms with van der Waals surface area (Å²) < 4.78 is 16.6. The number of amides is 1. The second kappa shape index (κ2) is 11.0. The van der Waals surface area contributed by atoms with E-state index < -0.39 is 12.0 Å². The van der Waals surface area contributed by atoms with Gasteiger partial charge in [-0.1, -0.05) is 18.2 Å². The first kappa shape index (κ1) is 25.9. The van der Waals surface area contributed by atoms with E-state index in [1.807, 2.05) is 59.5 Å². The minimum Gasteiger partial charge on any atom is -0.495 e. The number of thiocarbonyl (C=S) groups is 1. The maximum atomic E-state index is 11.8. The number of anilines is 2. The summed E-state index contributed by atoms with van der Waals surface area (Å²) in [6.07, 6.45) is 1.73. The summed E-state index contributed by atoms with van der Waals surface area (Å²) in [5.74, 6) is 1.19. The van der Waals surface area contributed by atoms with Crippen LogP contribution in [-0.2, 0) is 9.53 Å². The Morgan fingerprint density at radius 3 is 2.51 bits per heavy atom. The van der Waals surface area contributed by atoms with E-state index >= 15 is 0 Å². The van der Waals surface area contributed by atoms with Crippen LogP contribution in [0, 0.1) is 0 Å². The minimum absolute atomic E-state index is 0.218. The summed E-state index contributed by atoms with van der Waals surface area (Å²) in [5, 5.41) is 6.70. The number of nitrogens with zero attached hydrogens (tertiary/aromatic N) is 2. The van der Waals surface area contributed by atoms with E-state index in [-0.39, 0.29) is 11.9 Å². The average Bonchev–Trinajstić information content (AvgIpc) is 3.57. The molecule has 2 N–H and O–H groups in total. The Morgan fingerprint density at radius 2 is 1.85 bits per heavy atom. The third-order valence-electron chi connectivity index (χ3n) is 6.38. The average molecular weight is 543 g/mol. The van der Waals surface area contributed by atoms with Crippen LogP contribution >= 0.6 is 12.2 Å². The van der Waals surface area contributed by atoms with Gasteiger partial charge in [0, 0.05) is 24.4 Å². The van der Waals surface area contributed by atoms with Crippen molar-refractivity contribution < 1.29 is 23.5 Å². The molecular formula is C29H26N4O5S. The molecule has 1 aliphatic rings. The smallest absolute Gasteiger partial charge is 0.337 e. The van der Waals surface area contributed by atoms with Gasteiger partial charge in [-0.05, 0) is 66.8 Å². The zero-order valence-corrected chi connectivity index (χ0v) is 22.3. The van der Waals surface area contributed by atoms with Crippen LogP contribution in [0.25, 0.3) is 11.3 Å². The standard InChI is InChI=1S/C29H26N4O5S/c1-17(34)31-22-16-20(11-12-24(22)36-2)33-27(26(32-29(33)39)21-6-4-5-15-30-21)25-14-13-23(38-25)18-7-9-19(10-8-18)28(35)37-3/h4-16,26-27H,1-3H3,(H,31,34)(H,32,39). The number of ether oxygens (including phenoxy) is 2. The Hall–Kier alpha value is -4.70. The number of carbonyl (C=O) groups is 2. The highest BCUT2D eigenvalue weighted by atomic mass is 32.1. The second-order valence-corrected chi connectivity index (χ2v) is 9.22. The van der Waals surface area contributed by atoms with E-state index in [4.69, 9.17) is 26.1 Å². The summed E-state index contributed by atoms with van der Waals surface area (Å²) >= 11 is 5.80. The van der Waals surface area contributed by atoms with Gasteiger partial charge in [-0.15, -0.1) is 0 Å². The molecule has 2 aromatic carbocycles. The van der Waals surface area contributed by atoms with Crippen molar-refractivity contribution in [1.82, 2.24) is 10.3 Å². The van der Waals surface area contributed by atoms with E-state index in [9.17, 15) is 9.59 Å². The molecule has 1 saturated heterocycles. The molecule has 2 atom stereocenters. The normalized spacial score (nSPS) is 16.5. The van der Waals surface area contributed by atoms with Crippen molar-refractivity contribution in [2.75, 3.05) is 24.4 Å². The predicted molar refractivity (Wildman–Crippen MR) is 151 cm³/mol. The summed E-state index contributed by atoms with van der Waals surface area (Å²) in [5.41, 5.74) is 3.32.